The van der Waals surface area contributed by atoms with E-state index in [1.165, 1.54) is 16.3 Å². The van der Waals surface area contributed by atoms with Gasteiger partial charge >= 0.3 is 0 Å². The predicted octanol–water partition coefficient (Wildman–Crippen LogP) is 2.81. The van der Waals surface area contributed by atoms with Gasteiger partial charge in [0.2, 0.25) is 0 Å². The Morgan fingerprint density at radius 2 is 1.93 bits per heavy atom. The molecule has 3 rings (SSSR count). The Hall–Kier alpha value is -1.38. The fourth-order valence-corrected chi connectivity index (χ4v) is 2.05. The Kier molecular flexibility index (Phi) is 2.16. The summed E-state index contributed by atoms with van der Waals surface area (Å²) in [7, 11) is 0. The Labute approximate surface area is 88.8 Å². The quantitative estimate of drug-likeness (QED) is 0.762. The molecule has 0 saturated carbocycles. The molecular formula is C13H13NO. The van der Waals surface area contributed by atoms with E-state index in [0.717, 1.165) is 13.0 Å². The van der Waals surface area contributed by atoms with Crippen LogP contribution in [-0.4, -0.2) is 6.61 Å². The molecule has 1 atom stereocenters. The minimum Gasteiger partial charge on any atom is -0.301 e. The van der Waals surface area contributed by atoms with Crippen molar-refractivity contribution in [2.24, 2.45) is 0 Å². The first-order valence-electron chi connectivity index (χ1n) is 5.29. The predicted molar refractivity (Wildman–Crippen MR) is 60.4 cm³/mol. The summed E-state index contributed by atoms with van der Waals surface area (Å²) < 4.78 is 0. The zero-order valence-corrected chi connectivity index (χ0v) is 8.44. The van der Waals surface area contributed by atoms with E-state index in [-0.39, 0.29) is 0 Å². The highest BCUT2D eigenvalue weighted by atomic mass is 16.7. The maximum atomic E-state index is 5.17. The summed E-state index contributed by atoms with van der Waals surface area (Å²) in [5, 5.41) is 2.59. The molecule has 0 bridgehead atoms. The van der Waals surface area contributed by atoms with E-state index in [1.807, 2.05) is 0 Å². The molecule has 1 fully saturated rings. The van der Waals surface area contributed by atoms with E-state index >= 15 is 0 Å². The van der Waals surface area contributed by atoms with Gasteiger partial charge in [0.15, 0.2) is 0 Å². The van der Waals surface area contributed by atoms with E-state index in [2.05, 4.69) is 47.9 Å². The van der Waals surface area contributed by atoms with Crippen LogP contribution in [-0.2, 0) is 4.84 Å². The normalized spacial score (nSPS) is 20.9. The number of hydroxylamine groups is 1. The molecule has 0 radical (unpaired) electrons. The maximum Gasteiger partial charge on any atom is 0.0701 e. The van der Waals surface area contributed by atoms with Crippen molar-refractivity contribution in [3.63, 3.8) is 0 Å². The van der Waals surface area contributed by atoms with Crippen LogP contribution in [0, 0.1) is 0 Å². The van der Waals surface area contributed by atoms with Crippen molar-refractivity contribution in [3.8, 4) is 0 Å². The van der Waals surface area contributed by atoms with Crippen molar-refractivity contribution in [3.05, 3.63) is 48.0 Å². The van der Waals surface area contributed by atoms with Gasteiger partial charge in [-0.1, -0.05) is 36.4 Å². The molecule has 0 spiro atoms. The number of rotatable bonds is 1. The van der Waals surface area contributed by atoms with Crippen LogP contribution in [0.3, 0.4) is 0 Å². The van der Waals surface area contributed by atoms with Gasteiger partial charge in [-0.05, 0) is 28.8 Å². The molecule has 76 valence electrons. The molecule has 1 N–H and O–H groups in total. The molecule has 2 heteroatoms. The van der Waals surface area contributed by atoms with Crippen LogP contribution in [0.4, 0.5) is 0 Å². The molecule has 2 aromatic rings. The highest BCUT2D eigenvalue weighted by molar-refractivity contribution is 5.83. The first kappa shape index (κ1) is 8.89. The first-order valence-corrected chi connectivity index (χ1v) is 5.29. The number of benzene rings is 2. The molecule has 0 aliphatic carbocycles. The lowest BCUT2D eigenvalue weighted by molar-refractivity contribution is 0.0883. The SMILES string of the molecule is c1ccc2cc([C@@H]3CCON3)ccc2c1. The van der Waals surface area contributed by atoms with Gasteiger partial charge in [-0.25, -0.2) is 0 Å². The third-order valence-electron chi connectivity index (χ3n) is 2.91. The first-order chi connectivity index (χ1) is 7.43. The molecule has 0 aromatic heterocycles. The zero-order chi connectivity index (χ0) is 10.1. The summed E-state index contributed by atoms with van der Waals surface area (Å²) in [5.74, 6) is 0. The summed E-state index contributed by atoms with van der Waals surface area (Å²) >= 11 is 0. The Balaban J connectivity index is 2.05. The average molecular weight is 199 g/mol. The topological polar surface area (TPSA) is 21.3 Å². The molecule has 1 saturated heterocycles. The standard InChI is InChI=1S/C13H13NO/c1-2-4-11-9-12(6-5-10(11)3-1)13-7-8-15-14-13/h1-6,9,13-14H,7-8H2/t13-/m0/s1. The fraction of sp³-hybridized carbons (Fsp3) is 0.231. The van der Waals surface area contributed by atoms with Crippen molar-refractivity contribution < 1.29 is 4.84 Å². The molecule has 0 amide bonds. The van der Waals surface area contributed by atoms with Gasteiger partial charge in [0.1, 0.15) is 0 Å². The van der Waals surface area contributed by atoms with Crippen molar-refractivity contribution in [2.45, 2.75) is 12.5 Å². The molecule has 1 aliphatic heterocycles. The largest absolute Gasteiger partial charge is 0.301 e. The molecule has 15 heavy (non-hydrogen) atoms. The highest BCUT2D eigenvalue weighted by Gasteiger charge is 2.16. The highest BCUT2D eigenvalue weighted by Crippen LogP contribution is 2.24. The monoisotopic (exact) mass is 199 g/mol. The summed E-state index contributed by atoms with van der Waals surface area (Å²) in [4.78, 5) is 5.17. The molecule has 2 nitrogen and oxygen atoms in total. The number of nitrogens with one attached hydrogen (secondary N) is 1. The van der Waals surface area contributed by atoms with Crippen LogP contribution in [0.1, 0.15) is 18.0 Å². The minimum atomic E-state index is 0.356. The lowest BCUT2D eigenvalue weighted by Gasteiger charge is -2.09. The molecule has 2 aromatic carbocycles. The summed E-state index contributed by atoms with van der Waals surface area (Å²) in [5.41, 5.74) is 4.35. The van der Waals surface area contributed by atoms with Crippen LogP contribution in [0.2, 0.25) is 0 Å². The van der Waals surface area contributed by atoms with Gasteiger partial charge in [-0.3, -0.25) is 0 Å². The molecule has 1 heterocycles. The second-order valence-corrected chi connectivity index (χ2v) is 3.91. The Morgan fingerprint density at radius 1 is 1.07 bits per heavy atom. The average Bonchev–Trinajstić information content (AvgIpc) is 2.82. The van der Waals surface area contributed by atoms with Crippen molar-refractivity contribution in [1.29, 1.82) is 0 Å². The zero-order valence-electron chi connectivity index (χ0n) is 8.44. The number of hydrogen-bond donors (Lipinski definition) is 1. The van der Waals surface area contributed by atoms with Crippen LogP contribution in [0.5, 0.6) is 0 Å². The van der Waals surface area contributed by atoms with E-state index in [4.69, 9.17) is 4.84 Å². The fourth-order valence-electron chi connectivity index (χ4n) is 2.05. The maximum absolute atomic E-state index is 5.17. The summed E-state index contributed by atoms with van der Waals surface area (Å²) in [6, 6.07) is 15.4. The third kappa shape index (κ3) is 1.62. The van der Waals surface area contributed by atoms with Crippen molar-refractivity contribution in [2.75, 3.05) is 6.61 Å². The van der Waals surface area contributed by atoms with Gasteiger partial charge in [-0.15, -0.1) is 0 Å². The summed E-state index contributed by atoms with van der Waals surface area (Å²) in [6.07, 6.45) is 1.05. The van der Waals surface area contributed by atoms with Gasteiger partial charge in [0.05, 0.1) is 12.6 Å². The van der Waals surface area contributed by atoms with Gasteiger partial charge in [-0.2, -0.15) is 5.48 Å². The van der Waals surface area contributed by atoms with Crippen LogP contribution in [0.25, 0.3) is 10.8 Å². The molecule has 1 aliphatic rings. The van der Waals surface area contributed by atoms with Crippen molar-refractivity contribution in [1.82, 2.24) is 5.48 Å². The van der Waals surface area contributed by atoms with Crippen LogP contribution < -0.4 is 5.48 Å². The Bertz CT molecular complexity index is 475. The van der Waals surface area contributed by atoms with E-state index in [9.17, 15) is 0 Å². The van der Waals surface area contributed by atoms with E-state index in [0.29, 0.717) is 6.04 Å². The van der Waals surface area contributed by atoms with Gasteiger partial charge in [0, 0.05) is 0 Å². The minimum absolute atomic E-state index is 0.356. The van der Waals surface area contributed by atoms with Crippen molar-refractivity contribution >= 4 is 10.8 Å². The second-order valence-electron chi connectivity index (χ2n) is 3.91. The molecule has 0 unspecified atom stereocenters. The second kappa shape index (κ2) is 3.65. The smallest absolute Gasteiger partial charge is 0.0701 e. The van der Waals surface area contributed by atoms with Crippen LogP contribution >= 0.6 is 0 Å². The number of fused-ring (bicyclic) bond motifs is 1. The molecular weight excluding hydrogens is 186 g/mol. The third-order valence-corrected chi connectivity index (χ3v) is 2.91. The van der Waals surface area contributed by atoms with Gasteiger partial charge < -0.3 is 4.84 Å². The lowest BCUT2D eigenvalue weighted by Crippen LogP contribution is -2.11. The van der Waals surface area contributed by atoms with E-state index in [1.54, 1.807) is 0 Å². The van der Waals surface area contributed by atoms with Crippen LogP contribution in [0.15, 0.2) is 42.5 Å². The van der Waals surface area contributed by atoms with Gasteiger partial charge in [0.25, 0.3) is 0 Å². The van der Waals surface area contributed by atoms with E-state index < -0.39 is 0 Å². The Morgan fingerprint density at radius 3 is 2.73 bits per heavy atom. The lowest BCUT2D eigenvalue weighted by atomic mass is 10.0. The summed E-state index contributed by atoms with van der Waals surface area (Å²) in [6.45, 7) is 0.803. The number of hydrogen-bond acceptors (Lipinski definition) is 2.